The van der Waals surface area contributed by atoms with Crippen LogP contribution < -0.4 is 4.74 Å². The summed E-state index contributed by atoms with van der Waals surface area (Å²) in [4.78, 5) is 16.3. The monoisotopic (exact) mass is 451 g/mol. The van der Waals surface area contributed by atoms with Crippen molar-refractivity contribution in [2.45, 2.75) is 58.5 Å². The standard InChI is InChI=1S/C27H33NO5/c1-6-7-15-31-24(25(29)30)17-19-12-13-23(21-11-9-8-10-20(19)21)32-16-14-22-18(2)33-26(28-22)27(3,4)5/h6,8-13,24H,1,7,14-17H2,2-5H3,(H,29,30). The van der Waals surface area contributed by atoms with Gasteiger partial charge in [-0.1, -0.05) is 57.2 Å². The Bertz CT molecular complexity index is 1110. The zero-order chi connectivity index (χ0) is 24.0. The molecule has 0 bridgehead atoms. The fourth-order valence-electron chi connectivity index (χ4n) is 3.59. The fraction of sp³-hybridized carbons (Fsp3) is 0.407. The van der Waals surface area contributed by atoms with Gasteiger partial charge in [0.05, 0.1) is 18.9 Å². The van der Waals surface area contributed by atoms with Crippen LogP contribution in [0.1, 0.15) is 50.1 Å². The van der Waals surface area contributed by atoms with Gasteiger partial charge >= 0.3 is 5.97 Å². The number of aliphatic carboxylic acids is 1. The summed E-state index contributed by atoms with van der Waals surface area (Å²) in [6, 6.07) is 11.7. The maximum atomic E-state index is 11.7. The summed E-state index contributed by atoms with van der Waals surface area (Å²) in [6.07, 6.45) is 2.33. The van der Waals surface area contributed by atoms with Crippen molar-refractivity contribution in [2.24, 2.45) is 0 Å². The van der Waals surface area contributed by atoms with Crippen molar-refractivity contribution in [2.75, 3.05) is 13.2 Å². The molecule has 6 heteroatoms. The van der Waals surface area contributed by atoms with E-state index >= 15 is 0 Å². The van der Waals surface area contributed by atoms with E-state index in [4.69, 9.17) is 13.9 Å². The van der Waals surface area contributed by atoms with E-state index < -0.39 is 12.1 Å². The molecule has 0 saturated carbocycles. The maximum Gasteiger partial charge on any atom is 0.333 e. The number of nitrogens with zero attached hydrogens (tertiary/aromatic N) is 1. The van der Waals surface area contributed by atoms with Gasteiger partial charge in [0.2, 0.25) is 0 Å². The Hall–Kier alpha value is -3.12. The quantitative estimate of drug-likeness (QED) is 0.300. The molecule has 0 aliphatic heterocycles. The van der Waals surface area contributed by atoms with Gasteiger partial charge in [0.1, 0.15) is 11.5 Å². The Morgan fingerprint density at radius 1 is 1.18 bits per heavy atom. The number of aromatic nitrogens is 1. The van der Waals surface area contributed by atoms with E-state index in [1.807, 2.05) is 43.3 Å². The molecule has 1 unspecified atom stereocenters. The third kappa shape index (κ3) is 6.23. The van der Waals surface area contributed by atoms with Gasteiger partial charge in [-0.25, -0.2) is 9.78 Å². The predicted molar refractivity (Wildman–Crippen MR) is 129 cm³/mol. The van der Waals surface area contributed by atoms with Gasteiger partial charge in [-0.05, 0) is 30.4 Å². The Labute approximate surface area is 195 Å². The average Bonchev–Trinajstić information content (AvgIpc) is 3.15. The first-order chi connectivity index (χ1) is 15.7. The van der Waals surface area contributed by atoms with Crippen molar-refractivity contribution in [3.63, 3.8) is 0 Å². The second-order valence-corrected chi connectivity index (χ2v) is 9.12. The molecule has 0 aliphatic carbocycles. The molecule has 1 N–H and O–H groups in total. The Kier molecular flexibility index (Phi) is 7.92. The lowest BCUT2D eigenvalue weighted by Gasteiger charge is -2.16. The van der Waals surface area contributed by atoms with Gasteiger partial charge in [-0.3, -0.25) is 0 Å². The number of oxazole rings is 1. The summed E-state index contributed by atoms with van der Waals surface area (Å²) in [6.45, 7) is 12.6. The lowest BCUT2D eigenvalue weighted by molar-refractivity contribution is -0.150. The first kappa shape index (κ1) is 24.5. The molecule has 0 aliphatic rings. The van der Waals surface area contributed by atoms with Crippen LogP contribution in [0.25, 0.3) is 10.8 Å². The maximum absolute atomic E-state index is 11.7. The van der Waals surface area contributed by atoms with Crippen molar-refractivity contribution in [3.05, 3.63) is 72.0 Å². The molecule has 1 aromatic heterocycles. The lowest BCUT2D eigenvalue weighted by atomic mass is 9.97. The third-order valence-electron chi connectivity index (χ3n) is 5.43. The molecule has 0 radical (unpaired) electrons. The molecule has 1 atom stereocenters. The highest BCUT2D eigenvalue weighted by Crippen LogP contribution is 2.30. The Morgan fingerprint density at radius 3 is 2.55 bits per heavy atom. The molecular formula is C27H33NO5. The number of aryl methyl sites for hydroxylation is 1. The van der Waals surface area contributed by atoms with Crippen LogP contribution in [0, 0.1) is 6.92 Å². The minimum atomic E-state index is -0.971. The molecule has 0 amide bonds. The van der Waals surface area contributed by atoms with E-state index in [0.29, 0.717) is 26.1 Å². The van der Waals surface area contributed by atoms with Crippen molar-refractivity contribution in [3.8, 4) is 5.75 Å². The van der Waals surface area contributed by atoms with Gasteiger partial charge in [0, 0.05) is 23.6 Å². The van der Waals surface area contributed by atoms with E-state index in [-0.39, 0.29) is 11.8 Å². The summed E-state index contributed by atoms with van der Waals surface area (Å²) in [5.41, 5.74) is 1.67. The first-order valence-corrected chi connectivity index (χ1v) is 11.3. The van der Waals surface area contributed by atoms with E-state index in [9.17, 15) is 9.90 Å². The largest absolute Gasteiger partial charge is 0.493 e. The van der Waals surface area contributed by atoms with Crippen molar-refractivity contribution in [1.82, 2.24) is 4.98 Å². The lowest BCUT2D eigenvalue weighted by Crippen LogP contribution is -2.26. The normalized spacial score (nSPS) is 12.6. The number of carboxylic acids is 1. The molecule has 6 nitrogen and oxygen atoms in total. The van der Waals surface area contributed by atoms with Crippen LogP contribution in [0.4, 0.5) is 0 Å². The van der Waals surface area contributed by atoms with Crippen molar-refractivity contribution in [1.29, 1.82) is 0 Å². The second-order valence-electron chi connectivity index (χ2n) is 9.12. The predicted octanol–water partition coefficient (Wildman–Crippen LogP) is 5.64. The van der Waals surface area contributed by atoms with Gasteiger partial charge in [0.25, 0.3) is 0 Å². The van der Waals surface area contributed by atoms with Crippen LogP contribution in [0.2, 0.25) is 0 Å². The van der Waals surface area contributed by atoms with Gasteiger partial charge < -0.3 is 19.0 Å². The summed E-state index contributed by atoms with van der Waals surface area (Å²) < 4.78 is 17.5. The van der Waals surface area contributed by atoms with Gasteiger partial charge in [-0.2, -0.15) is 0 Å². The molecule has 0 spiro atoms. The molecule has 3 rings (SSSR count). The van der Waals surface area contributed by atoms with Gasteiger partial charge in [-0.15, -0.1) is 6.58 Å². The topological polar surface area (TPSA) is 81.8 Å². The minimum Gasteiger partial charge on any atom is -0.493 e. The van der Waals surface area contributed by atoms with Crippen LogP contribution >= 0.6 is 0 Å². The molecular weight excluding hydrogens is 418 g/mol. The highest BCUT2D eigenvalue weighted by molar-refractivity contribution is 5.91. The minimum absolute atomic E-state index is 0.140. The molecule has 1 heterocycles. The average molecular weight is 452 g/mol. The zero-order valence-electron chi connectivity index (χ0n) is 19.9. The van der Waals surface area contributed by atoms with Crippen LogP contribution in [-0.2, 0) is 27.8 Å². The van der Waals surface area contributed by atoms with Crippen molar-refractivity contribution < 1.29 is 23.8 Å². The highest BCUT2D eigenvalue weighted by atomic mass is 16.5. The number of ether oxygens (including phenoxy) is 2. The van der Waals surface area contributed by atoms with E-state index in [2.05, 4.69) is 32.3 Å². The Balaban J connectivity index is 1.74. The molecule has 33 heavy (non-hydrogen) atoms. The number of carbonyl (C=O) groups is 1. The van der Waals surface area contributed by atoms with Gasteiger partial charge in [0.15, 0.2) is 12.0 Å². The molecule has 0 saturated heterocycles. The summed E-state index contributed by atoms with van der Waals surface area (Å²) >= 11 is 0. The van der Waals surface area contributed by atoms with E-state index in [1.54, 1.807) is 6.08 Å². The fourth-order valence-corrected chi connectivity index (χ4v) is 3.59. The first-order valence-electron chi connectivity index (χ1n) is 11.3. The summed E-state index contributed by atoms with van der Waals surface area (Å²) in [5, 5.41) is 11.5. The number of hydrogen-bond donors (Lipinski definition) is 1. The molecule has 0 fully saturated rings. The Morgan fingerprint density at radius 2 is 1.91 bits per heavy atom. The van der Waals surface area contributed by atoms with Crippen LogP contribution in [0.3, 0.4) is 0 Å². The summed E-state index contributed by atoms with van der Waals surface area (Å²) in [7, 11) is 0. The highest BCUT2D eigenvalue weighted by Gasteiger charge is 2.23. The van der Waals surface area contributed by atoms with Crippen LogP contribution in [0.15, 0.2) is 53.5 Å². The van der Waals surface area contributed by atoms with E-state index in [0.717, 1.165) is 39.4 Å². The summed E-state index contributed by atoms with van der Waals surface area (Å²) in [5.74, 6) is 1.33. The number of carboxylic acid groups (broad SMARTS) is 1. The van der Waals surface area contributed by atoms with Crippen LogP contribution in [-0.4, -0.2) is 35.4 Å². The molecule has 176 valence electrons. The number of rotatable bonds is 11. The zero-order valence-corrected chi connectivity index (χ0v) is 19.9. The SMILES string of the molecule is C=CCCOC(Cc1ccc(OCCc2nc(C(C)(C)C)oc2C)c2ccccc12)C(=O)O. The van der Waals surface area contributed by atoms with E-state index in [1.165, 1.54) is 0 Å². The molecule has 3 aromatic rings. The third-order valence-corrected chi connectivity index (χ3v) is 5.43. The second kappa shape index (κ2) is 10.7. The van der Waals surface area contributed by atoms with Crippen LogP contribution in [0.5, 0.6) is 5.75 Å². The number of fused-ring (bicyclic) bond motifs is 1. The van der Waals surface area contributed by atoms with Crippen molar-refractivity contribution >= 4 is 16.7 Å². The molecule has 2 aromatic carbocycles. The smallest absolute Gasteiger partial charge is 0.333 e. The number of hydrogen-bond acceptors (Lipinski definition) is 5. The number of benzene rings is 2.